The van der Waals surface area contributed by atoms with Gasteiger partial charge in [0, 0.05) is 12.6 Å². The fourth-order valence-electron chi connectivity index (χ4n) is 2.07. The van der Waals surface area contributed by atoms with Crippen LogP contribution < -0.4 is 10.2 Å². The highest BCUT2D eigenvalue weighted by Gasteiger charge is 2.14. The van der Waals surface area contributed by atoms with Gasteiger partial charge in [0.05, 0.1) is 17.7 Å². The Hall–Kier alpha value is -2.06. The van der Waals surface area contributed by atoms with Gasteiger partial charge in [0.15, 0.2) is 11.0 Å². The topological polar surface area (TPSA) is 70.2 Å². The summed E-state index contributed by atoms with van der Waals surface area (Å²) in [6, 6.07) is 5.46. The molecule has 0 aromatic carbocycles. The third-order valence-electron chi connectivity index (χ3n) is 3.19. The number of ether oxygens (including phenoxy) is 1. The smallest absolute Gasteiger partial charge is 0.227 e. The molecule has 0 aliphatic rings. The third kappa shape index (κ3) is 3.32. The minimum atomic E-state index is -0.189. The van der Waals surface area contributed by atoms with E-state index in [0.29, 0.717) is 11.5 Å². The Balaban J connectivity index is 1.78. The summed E-state index contributed by atoms with van der Waals surface area (Å²) in [6.07, 6.45) is 1.33. The minimum Gasteiger partial charge on any atom is -0.490 e. The van der Waals surface area contributed by atoms with Gasteiger partial charge in [-0.05, 0) is 18.4 Å². The van der Waals surface area contributed by atoms with Gasteiger partial charge in [0.2, 0.25) is 11.2 Å². The van der Waals surface area contributed by atoms with Gasteiger partial charge in [-0.25, -0.2) is 0 Å². The molecule has 0 fully saturated rings. The second kappa shape index (κ2) is 7.01. The van der Waals surface area contributed by atoms with Crippen LogP contribution in [0.15, 0.2) is 44.2 Å². The van der Waals surface area contributed by atoms with Crippen LogP contribution in [0.2, 0.25) is 0 Å². The first-order valence-corrected chi connectivity index (χ1v) is 8.85. The molecular weight excluding hydrogens is 334 g/mol. The lowest BCUT2D eigenvalue weighted by atomic mass is 10.4. The zero-order valence-corrected chi connectivity index (χ0v) is 14.3. The molecule has 3 aromatic heterocycles. The number of methoxy groups -OCH3 is 1. The second-order valence-electron chi connectivity index (χ2n) is 4.60. The van der Waals surface area contributed by atoms with E-state index in [2.05, 4.69) is 21.7 Å². The maximum Gasteiger partial charge on any atom is 0.227 e. The molecule has 0 saturated carbocycles. The molecule has 0 aliphatic heterocycles. The summed E-state index contributed by atoms with van der Waals surface area (Å²) >= 11 is 3.12. The van der Waals surface area contributed by atoms with Crippen molar-refractivity contribution in [2.45, 2.75) is 24.4 Å². The van der Waals surface area contributed by atoms with Crippen LogP contribution in [-0.4, -0.2) is 21.9 Å². The standard InChI is InChI=1S/C15H15N3O3S2/c1-3-18-14(13-5-4-6-22-13)16-17-15(18)23-9-10-7-11(19)12(20-2)8-21-10/h4-8H,3,9H2,1-2H3. The lowest BCUT2D eigenvalue weighted by molar-refractivity contribution is 0.381. The molecule has 0 saturated heterocycles. The van der Waals surface area contributed by atoms with Gasteiger partial charge in [-0.15, -0.1) is 21.5 Å². The number of aromatic nitrogens is 3. The van der Waals surface area contributed by atoms with E-state index in [1.807, 2.05) is 17.5 Å². The van der Waals surface area contributed by atoms with Gasteiger partial charge in [0.1, 0.15) is 12.0 Å². The van der Waals surface area contributed by atoms with Crippen LogP contribution in [0.5, 0.6) is 5.75 Å². The van der Waals surface area contributed by atoms with Crippen LogP contribution >= 0.6 is 23.1 Å². The monoisotopic (exact) mass is 349 g/mol. The Kier molecular flexibility index (Phi) is 4.82. The molecule has 0 unspecified atom stereocenters. The zero-order chi connectivity index (χ0) is 16.2. The molecule has 0 spiro atoms. The van der Waals surface area contributed by atoms with E-state index >= 15 is 0 Å². The van der Waals surface area contributed by atoms with E-state index in [1.165, 1.54) is 31.2 Å². The predicted octanol–water partition coefficient (Wildman–Crippen LogP) is 3.28. The Morgan fingerprint density at radius 3 is 2.96 bits per heavy atom. The summed E-state index contributed by atoms with van der Waals surface area (Å²) in [4.78, 5) is 12.8. The van der Waals surface area contributed by atoms with Crippen molar-refractivity contribution in [3.63, 3.8) is 0 Å². The summed E-state index contributed by atoms with van der Waals surface area (Å²) < 4.78 is 12.4. The number of rotatable bonds is 6. The number of nitrogens with zero attached hydrogens (tertiary/aromatic N) is 3. The summed E-state index contributed by atoms with van der Waals surface area (Å²) in [5.74, 6) is 2.14. The molecule has 120 valence electrons. The molecule has 0 amide bonds. The first-order valence-electron chi connectivity index (χ1n) is 6.98. The van der Waals surface area contributed by atoms with Crippen molar-refractivity contribution >= 4 is 23.1 Å². The van der Waals surface area contributed by atoms with E-state index in [0.717, 1.165) is 22.4 Å². The molecule has 3 rings (SSSR count). The Bertz CT molecular complexity index is 840. The first kappa shape index (κ1) is 15.8. The van der Waals surface area contributed by atoms with Crippen molar-refractivity contribution in [3.05, 3.63) is 45.8 Å². The summed E-state index contributed by atoms with van der Waals surface area (Å²) in [5, 5.41) is 11.3. The zero-order valence-electron chi connectivity index (χ0n) is 12.7. The fraction of sp³-hybridized carbons (Fsp3) is 0.267. The highest BCUT2D eigenvalue weighted by atomic mass is 32.2. The number of thiophene rings is 1. The largest absolute Gasteiger partial charge is 0.490 e. The molecule has 3 aromatic rings. The van der Waals surface area contributed by atoms with E-state index < -0.39 is 0 Å². The fourth-order valence-corrected chi connectivity index (χ4v) is 3.68. The van der Waals surface area contributed by atoms with Gasteiger partial charge >= 0.3 is 0 Å². The molecule has 23 heavy (non-hydrogen) atoms. The molecule has 8 heteroatoms. The van der Waals surface area contributed by atoms with Crippen molar-refractivity contribution in [2.24, 2.45) is 0 Å². The third-order valence-corrected chi connectivity index (χ3v) is 5.05. The lowest BCUT2D eigenvalue weighted by Gasteiger charge is -2.06. The van der Waals surface area contributed by atoms with Crippen LogP contribution in [0, 0.1) is 0 Å². The average Bonchev–Trinajstić information content (AvgIpc) is 3.21. The lowest BCUT2D eigenvalue weighted by Crippen LogP contribution is -2.04. The SMILES string of the molecule is CCn1c(SCc2cc(=O)c(OC)co2)nnc1-c1cccs1. The van der Waals surface area contributed by atoms with Crippen LogP contribution in [0.25, 0.3) is 10.7 Å². The van der Waals surface area contributed by atoms with Crippen molar-refractivity contribution in [3.8, 4) is 16.5 Å². The predicted molar refractivity (Wildman–Crippen MR) is 90.1 cm³/mol. The van der Waals surface area contributed by atoms with Crippen LogP contribution in [0.3, 0.4) is 0 Å². The molecular formula is C15H15N3O3S2. The molecule has 6 nitrogen and oxygen atoms in total. The maximum absolute atomic E-state index is 11.7. The Morgan fingerprint density at radius 1 is 1.43 bits per heavy atom. The summed E-state index contributed by atoms with van der Waals surface area (Å²) in [5.41, 5.74) is -0.189. The van der Waals surface area contributed by atoms with Gasteiger partial charge in [0.25, 0.3) is 0 Å². The molecule has 0 aliphatic carbocycles. The van der Waals surface area contributed by atoms with Crippen molar-refractivity contribution in [2.75, 3.05) is 7.11 Å². The quantitative estimate of drug-likeness (QED) is 0.636. The number of thioether (sulfide) groups is 1. The van der Waals surface area contributed by atoms with Crippen molar-refractivity contribution in [1.29, 1.82) is 0 Å². The summed E-state index contributed by atoms with van der Waals surface area (Å²) in [6.45, 7) is 2.83. The molecule has 0 N–H and O–H groups in total. The van der Waals surface area contributed by atoms with Gasteiger partial charge in [-0.3, -0.25) is 4.79 Å². The van der Waals surface area contributed by atoms with Gasteiger partial charge in [-0.2, -0.15) is 0 Å². The Labute approximate surface area is 141 Å². The van der Waals surface area contributed by atoms with Crippen LogP contribution in [-0.2, 0) is 12.3 Å². The number of hydrogen-bond donors (Lipinski definition) is 0. The minimum absolute atomic E-state index is 0.189. The van der Waals surface area contributed by atoms with E-state index in [1.54, 1.807) is 11.3 Å². The van der Waals surface area contributed by atoms with Gasteiger partial charge in [-0.1, -0.05) is 17.8 Å². The van der Waals surface area contributed by atoms with Crippen LogP contribution in [0.4, 0.5) is 0 Å². The van der Waals surface area contributed by atoms with E-state index in [9.17, 15) is 4.79 Å². The highest BCUT2D eigenvalue weighted by molar-refractivity contribution is 7.98. The first-order chi connectivity index (χ1) is 11.2. The number of hydrogen-bond acceptors (Lipinski definition) is 7. The van der Waals surface area contributed by atoms with E-state index in [4.69, 9.17) is 9.15 Å². The molecule has 0 radical (unpaired) electrons. The average molecular weight is 349 g/mol. The highest BCUT2D eigenvalue weighted by Crippen LogP contribution is 2.28. The molecule has 0 bridgehead atoms. The Morgan fingerprint density at radius 2 is 2.30 bits per heavy atom. The summed E-state index contributed by atoms with van der Waals surface area (Å²) in [7, 11) is 1.44. The van der Waals surface area contributed by atoms with E-state index in [-0.39, 0.29) is 11.2 Å². The molecule has 0 atom stereocenters. The maximum atomic E-state index is 11.7. The van der Waals surface area contributed by atoms with Crippen molar-refractivity contribution < 1.29 is 9.15 Å². The molecule has 3 heterocycles. The van der Waals surface area contributed by atoms with Crippen molar-refractivity contribution in [1.82, 2.24) is 14.8 Å². The van der Waals surface area contributed by atoms with Gasteiger partial charge < -0.3 is 13.7 Å². The van der Waals surface area contributed by atoms with Crippen LogP contribution in [0.1, 0.15) is 12.7 Å². The second-order valence-corrected chi connectivity index (χ2v) is 6.49. The normalized spacial score (nSPS) is 10.9.